The fourth-order valence-corrected chi connectivity index (χ4v) is 2.74. The lowest BCUT2D eigenvalue weighted by molar-refractivity contribution is 0.441. The number of nitrogens with one attached hydrogen (secondary N) is 1. The topological polar surface area (TPSA) is 50.4 Å². The third-order valence-electron chi connectivity index (χ3n) is 4.22. The average Bonchev–Trinajstić information content (AvgIpc) is 3.11. The number of hydrogen-bond acceptors (Lipinski definition) is 4. The highest BCUT2D eigenvalue weighted by molar-refractivity contribution is 6.03. The summed E-state index contributed by atoms with van der Waals surface area (Å²) in [4.78, 5) is 0. The molecule has 134 valence electrons. The maximum absolute atomic E-state index is 13.7. The van der Waals surface area contributed by atoms with Crippen molar-refractivity contribution >= 4 is 22.3 Å². The van der Waals surface area contributed by atoms with Crippen LogP contribution in [0.3, 0.4) is 0 Å². The molecule has 0 unspecified atom stereocenters. The van der Waals surface area contributed by atoms with Crippen LogP contribution in [0, 0.1) is 11.6 Å². The Morgan fingerprint density at radius 3 is 2.56 bits per heavy atom. The molecule has 1 N–H and O–H groups in total. The molecule has 0 amide bonds. The highest BCUT2D eigenvalue weighted by atomic mass is 19.1. The van der Waals surface area contributed by atoms with Crippen molar-refractivity contribution < 1.29 is 13.3 Å². The summed E-state index contributed by atoms with van der Waals surface area (Å²) in [6, 6.07) is 17.9. The zero-order chi connectivity index (χ0) is 18.8. The van der Waals surface area contributed by atoms with E-state index in [-0.39, 0.29) is 11.6 Å². The quantitative estimate of drug-likeness (QED) is 0.379. The van der Waals surface area contributed by atoms with Gasteiger partial charge in [0.15, 0.2) is 5.76 Å². The molecule has 4 nitrogen and oxygen atoms in total. The van der Waals surface area contributed by atoms with Gasteiger partial charge in [-0.15, -0.1) is 0 Å². The molecule has 0 spiro atoms. The standard InChI is InChI=1S/C21H15F2N3O/c1-13(24-25-20-5-3-2-4-18(20)23)15-8-11-19-17(12-15)21(27-26-19)14-6-9-16(22)10-7-14/h2-12,25H,1H3/b24-13-. The molecule has 0 fully saturated rings. The number of hydrazone groups is 1. The normalized spacial score (nSPS) is 11.7. The molecule has 0 saturated heterocycles. The summed E-state index contributed by atoms with van der Waals surface area (Å²) < 4.78 is 32.3. The number of nitrogens with zero attached hydrogens (tertiary/aromatic N) is 2. The van der Waals surface area contributed by atoms with Crippen molar-refractivity contribution in [1.29, 1.82) is 0 Å². The monoisotopic (exact) mass is 363 g/mol. The van der Waals surface area contributed by atoms with Crippen molar-refractivity contribution in [2.45, 2.75) is 6.92 Å². The van der Waals surface area contributed by atoms with Crippen LogP contribution in [-0.4, -0.2) is 10.9 Å². The van der Waals surface area contributed by atoms with Gasteiger partial charge in [0.1, 0.15) is 17.2 Å². The highest BCUT2D eigenvalue weighted by Gasteiger charge is 2.12. The van der Waals surface area contributed by atoms with E-state index in [4.69, 9.17) is 4.52 Å². The second-order valence-corrected chi connectivity index (χ2v) is 6.04. The molecular weight excluding hydrogens is 348 g/mol. The number of para-hydroxylation sites is 1. The minimum Gasteiger partial charge on any atom is -0.355 e. The van der Waals surface area contributed by atoms with Gasteiger partial charge < -0.3 is 4.52 Å². The van der Waals surface area contributed by atoms with E-state index in [2.05, 4.69) is 15.7 Å². The number of halogens is 2. The van der Waals surface area contributed by atoms with Crippen LogP contribution in [0.15, 0.2) is 76.4 Å². The number of rotatable bonds is 4. The smallest absolute Gasteiger partial charge is 0.174 e. The fourth-order valence-electron chi connectivity index (χ4n) is 2.74. The molecule has 4 rings (SSSR count). The summed E-state index contributed by atoms with van der Waals surface area (Å²) in [5.74, 6) is -0.130. The van der Waals surface area contributed by atoms with E-state index in [9.17, 15) is 8.78 Å². The molecule has 0 bridgehead atoms. The number of hydrogen-bond donors (Lipinski definition) is 1. The molecule has 1 heterocycles. The molecule has 0 saturated carbocycles. The third kappa shape index (κ3) is 3.42. The van der Waals surface area contributed by atoms with Crippen LogP contribution < -0.4 is 5.43 Å². The van der Waals surface area contributed by atoms with Gasteiger partial charge in [0.05, 0.1) is 16.8 Å². The maximum Gasteiger partial charge on any atom is 0.174 e. The van der Waals surface area contributed by atoms with E-state index in [1.54, 1.807) is 30.3 Å². The van der Waals surface area contributed by atoms with Gasteiger partial charge in [0, 0.05) is 5.56 Å². The second-order valence-electron chi connectivity index (χ2n) is 6.04. The van der Waals surface area contributed by atoms with Crippen molar-refractivity contribution in [1.82, 2.24) is 5.16 Å². The predicted octanol–water partition coefficient (Wildman–Crippen LogP) is 5.61. The Labute approximate surface area is 154 Å². The molecule has 0 aliphatic carbocycles. The van der Waals surface area contributed by atoms with Gasteiger partial charge in [0.25, 0.3) is 0 Å². The van der Waals surface area contributed by atoms with E-state index in [1.807, 2.05) is 25.1 Å². The lowest BCUT2D eigenvalue weighted by atomic mass is 10.0. The molecule has 4 aromatic rings. The first-order chi connectivity index (χ1) is 13.1. The zero-order valence-electron chi connectivity index (χ0n) is 14.4. The summed E-state index contributed by atoms with van der Waals surface area (Å²) >= 11 is 0. The van der Waals surface area contributed by atoms with Gasteiger partial charge in [0.2, 0.25) is 0 Å². The molecule has 3 aromatic carbocycles. The van der Waals surface area contributed by atoms with Crippen molar-refractivity contribution in [2.24, 2.45) is 5.10 Å². The van der Waals surface area contributed by atoms with Gasteiger partial charge in [-0.2, -0.15) is 5.10 Å². The maximum atomic E-state index is 13.7. The summed E-state index contributed by atoms with van der Waals surface area (Å²) in [6.07, 6.45) is 0. The van der Waals surface area contributed by atoms with Gasteiger partial charge in [-0.1, -0.05) is 23.4 Å². The molecule has 27 heavy (non-hydrogen) atoms. The lowest BCUT2D eigenvalue weighted by Crippen LogP contribution is -2.00. The van der Waals surface area contributed by atoms with Gasteiger partial charge >= 0.3 is 0 Å². The van der Waals surface area contributed by atoms with Gasteiger partial charge in [-0.25, -0.2) is 8.78 Å². The van der Waals surface area contributed by atoms with Crippen LogP contribution in [0.25, 0.3) is 22.2 Å². The Bertz CT molecular complexity index is 1130. The third-order valence-corrected chi connectivity index (χ3v) is 4.22. The van der Waals surface area contributed by atoms with E-state index in [1.165, 1.54) is 18.2 Å². The molecule has 6 heteroatoms. The van der Waals surface area contributed by atoms with Gasteiger partial charge in [-0.3, -0.25) is 5.43 Å². The zero-order valence-corrected chi connectivity index (χ0v) is 14.4. The number of benzene rings is 3. The molecule has 1 aromatic heterocycles. The first-order valence-corrected chi connectivity index (χ1v) is 8.32. The second kappa shape index (κ2) is 6.99. The van der Waals surface area contributed by atoms with Crippen molar-refractivity contribution in [3.63, 3.8) is 0 Å². The Hall–Kier alpha value is -3.54. The van der Waals surface area contributed by atoms with Crippen LogP contribution in [0.2, 0.25) is 0 Å². The summed E-state index contributed by atoms with van der Waals surface area (Å²) in [5.41, 5.74) is 5.96. The van der Waals surface area contributed by atoms with Crippen LogP contribution in [0.4, 0.5) is 14.5 Å². The number of aromatic nitrogens is 1. The van der Waals surface area contributed by atoms with Crippen molar-refractivity contribution in [3.8, 4) is 11.3 Å². The minimum absolute atomic E-state index is 0.301. The first kappa shape index (κ1) is 16.9. The minimum atomic E-state index is -0.373. The molecule has 0 aliphatic heterocycles. The van der Waals surface area contributed by atoms with E-state index in [0.717, 1.165) is 16.5 Å². The summed E-state index contributed by atoms with van der Waals surface area (Å²) in [7, 11) is 0. The SMILES string of the molecule is C/C(=N/Nc1ccccc1F)c1ccc2noc(-c3ccc(F)cc3)c2c1. The van der Waals surface area contributed by atoms with E-state index < -0.39 is 0 Å². The molecule has 0 aliphatic rings. The fraction of sp³-hybridized carbons (Fsp3) is 0.0476. The van der Waals surface area contributed by atoms with E-state index in [0.29, 0.717) is 22.7 Å². The largest absolute Gasteiger partial charge is 0.355 e. The predicted molar refractivity (Wildman–Crippen MR) is 102 cm³/mol. The van der Waals surface area contributed by atoms with Crippen LogP contribution in [-0.2, 0) is 0 Å². The van der Waals surface area contributed by atoms with Crippen LogP contribution >= 0.6 is 0 Å². The Morgan fingerprint density at radius 2 is 1.78 bits per heavy atom. The van der Waals surface area contributed by atoms with Crippen LogP contribution in [0.5, 0.6) is 0 Å². The van der Waals surface area contributed by atoms with Crippen LogP contribution in [0.1, 0.15) is 12.5 Å². The molecule has 0 atom stereocenters. The highest BCUT2D eigenvalue weighted by Crippen LogP contribution is 2.29. The van der Waals surface area contributed by atoms with Gasteiger partial charge in [-0.05, 0) is 61.0 Å². The van der Waals surface area contributed by atoms with Crippen molar-refractivity contribution in [2.75, 3.05) is 5.43 Å². The Morgan fingerprint density at radius 1 is 1.00 bits per heavy atom. The summed E-state index contributed by atoms with van der Waals surface area (Å²) in [5, 5.41) is 9.10. The van der Waals surface area contributed by atoms with Crippen molar-refractivity contribution in [3.05, 3.63) is 83.9 Å². The Balaban J connectivity index is 1.68. The number of anilines is 1. The molecular formula is C21H15F2N3O. The Kier molecular flexibility index (Phi) is 4.38. The first-order valence-electron chi connectivity index (χ1n) is 8.32. The molecule has 0 radical (unpaired) electrons. The summed E-state index contributed by atoms with van der Waals surface area (Å²) in [6.45, 7) is 1.82. The van der Waals surface area contributed by atoms with E-state index >= 15 is 0 Å². The lowest BCUT2D eigenvalue weighted by Gasteiger charge is -2.05. The average molecular weight is 363 g/mol. The number of fused-ring (bicyclic) bond motifs is 1.